The fourth-order valence-corrected chi connectivity index (χ4v) is 2.00. The summed E-state index contributed by atoms with van der Waals surface area (Å²) < 4.78 is 38.6. The molecule has 102 valence electrons. The fourth-order valence-electron chi connectivity index (χ4n) is 1.47. The molecule has 0 unspecified atom stereocenters. The van der Waals surface area contributed by atoms with Gasteiger partial charge in [-0.1, -0.05) is 0 Å². The Bertz CT molecular complexity index is 674. The average Bonchev–Trinajstić information content (AvgIpc) is 2.91. The van der Waals surface area contributed by atoms with Gasteiger partial charge in [-0.15, -0.1) is 11.3 Å². The van der Waals surface area contributed by atoms with Gasteiger partial charge in [0.05, 0.1) is 28.4 Å². The highest BCUT2D eigenvalue weighted by Gasteiger charge is 2.34. The number of rotatable bonds is 2. The monoisotopic (exact) mass is 297 g/mol. The summed E-state index contributed by atoms with van der Waals surface area (Å²) in [6.45, 7) is 0. The zero-order valence-electron chi connectivity index (χ0n) is 9.73. The highest BCUT2D eigenvalue weighted by atomic mass is 32.1. The van der Waals surface area contributed by atoms with Gasteiger partial charge in [-0.25, -0.2) is 4.98 Å². The van der Waals surface area contributed by atoms with Crippen LogP contribution in [0, 0.1) is 11.3 Å². The third kappa shape index (κ3) is 2.95. The van der Waals surface area contributed by atoms with Crippen LogP contribution < -0.4 is 5.32 Å². The van der Waals surface area contributed by atoms with Crippen molar-refractivity contribution >= 4 is 22.9 Å². The number of alkyl halides is 3. The first-order valence-corrected chi connectivity index (χ1v) is 6.17. The van der Waals surface area contributed by atoms with Crippen LogP contribution >= 0.6 is 11.3 Å². The highest BCUT2D eigenvalue weighted by Crippen LogP contribution is 2.35. The van der Waals surface area contributed by atoms with Gasteiger partial charge < -0.3 is 5.32 Å². The van der Waals surface area contributed by atoms with E-state index in [0.717, 1.165) is 17.4 Å². The highest BCUT2D eigenvalue weighted by molar-refractivity contribution is 7.07. The second-order valence-corrected chi connectivity index (χ2v) is 4.42. The Hall–Kier alpha value is -2.40. The maximum atomic E-state index is 12.9. The number of carbonyl (C=O) groups excluding carboxylic acids is 1. The normalized spacial score (nSPS) is 10.9. The number of halogens is 3. The molecule has 1 N–H and O–H groups in total. The summed E-state index contributed by atoms with van der Waals surface area (Å²) in [5.74, 6) is -0.735. The maximum Gasteiger partial charge on any atom is 0.418 e. The number of hydrogen-bond donors (Lipinski definition) is 1. The molecule has 20 heavy (non-hydrogen) atoms. The number of anilines is 1. The lowest BCUT2D eigenvalue weighted by Crippen LogP contribution is -2.17. The number of aromatic nitrogens is 1. The molecule has 0 aliphatic heterocycles. The number of nitriles is 1. The van der Waals surface area contributed by atoms with E-state index in [2.05, 4.69) is 10.3 Å². The van der Waals surface area contributed by atoms with E-state index in [9.17, 15) is 18.0 Å². The van der Waals surface area contributed by atoms with Crippen molar-refractivity contribution in [1.82, 2.24) is 4.98 Å². The zero-order chi connectivity index (χ0) is 14.8. The molecule has 0 spiro atoms. The van der Waals surface area contributed by atoms with E-state index in [1.807, 2.05) is 0 Å². The number of thiazole rings is 1. The summed E-state index contributed by atoms with van der Waals surface area (Å²) >= 11 is 1.16. The molecule has 1 heterocycles. The van der Waals surface area contributed by atoms with Crippen molar-refractivity contribution < 1.29 is 18.0 Å². The molecule has 1 amide bonds. The molecule has 0 aliphatic carbocycles. The molecule has 8 heteroatoms. The van der Waals surface area contributed by atoms with E-state index in [4.69, 9.17) is 5.26 Å². The van der Waals surface area contributed by atoms with Crippen LogP contribution in [0.3, 0.4) is 0 Å². The van der Waals surface area contributed by atoms with Crippen LogP contribution in [0.15, 0.2) is 29.1 Å². The van der Waals surface area contributed by atoms with E-state index < -0.39 is 23.3 Å². The molecular formula is C12H6F3N3OS. The summed E-state index contributed by atoms with van der Waals surface area (Å²) in [4.78, 5) is 15.4. The predicted octanol–water partition coefficient (Wildman–Crippen LogP) is 3.29. The van der Waals surface area contributed by atoms with Crippen LogP contribution in [0.5, 0.6) is 0 Å². The second-order valence-electron chi connectivity index (χ2n) is 3.70. The minimum absolute atomic E-state index is 0.0347. The van der Waals surface area contributed by atoms with Crippen molar-refractivity contribution in [1.29, 1.82) is 5.26 Å². The number of benzene rings is 1. The summed E-state index contributed by atoms with van der Waals surface area (Å²) in [5, 5.41) is 12.2. The Morgan fingerprint density at radius 1 is 1.40 bits per heavy atom. The topological polar surface area (TPSA) is 65.8 Å². The third-order valence-electron chi connectivity index (χ3n) is 2.37. The van der Waals surface area contributed by atoms with Crippen molar-refractivity contribution in [2.75, 3.05) is 5.32 Å². The van der Waals surface area contributed by atoms with Crippen LogP contribution in [-0.2, 0) is 6.18 Å². The fraction of sp³-hybridized carbons (Fsp3) is 0.0833. The molecule has 0 atom stereocenters. The average molecular weight is 297 g/mol. The van der Waals surface area contributed by atoms with Gasteiger partial charge in [0.2, 0.25) is 0 Å². The Balaban J connectivity index is 2.37. The Morgan fingerprint density at radius 3 is 2.70 bits per heavy atom. The van der Waals surface area contributed by atoms with Crippen LogP contribution in [0.4, 0.5) is 18.9 Å². The lowest BCUT2D eigenvalue weighted by molar-refractivity contribution is -0.136. The number of hydrogen-bond acceptors (Lipinski definition) is 4. The standard InChI is InChI=1S/C12H6F3N3OS/c13-12(14,15)8-3-7(4-16)1-2-9(8)18-11(19)10-5-20-6-17-10/h1-3,5-6H,(H,18,19). The maximum absolute atomic E-state index is 12.9. The van der Waals surface area contributed by atoms with Crippen molar-refractivity contribution in [2.24, 2.45) is 0 Å². The predicted molar refractivity (Wildman–Crippen MR) is 66.2 cm³/mol. The van der Waals surface area contributed by atoms with Crippen molar-refractivity contribution in [3.63, 3.8) is 0 Å². The number of nitrogens with one attached hydrogen (secondary N) is 1. The first kappa shape index (κ1) is 14.0. The van der Waals surface area contributed by atoms with Crippen LogP contribution in [0.2, 0.25) is 0 Å². The van der Waals surface area contributed by atoms with Crippen LogP contribution in [-0.4, -0.2) is 10.9 Å². The zero-order valence-corrected chi connectivity index (χ0v) is 10.5. The Kier molecular flexibility index (Phi) is 3.72. The SMILES string of the molecule is N#Cc1ccc(NC(=O)c2cscn2)c(C(F)(F)F)c1. The lowest BCUT2D eigenvalue weighted by atomic mass is 10.1. The van der Waals surface area contributed by atoms with Gasteiger partial charge in [0.1, 0.15) is 5.69 Å². The summed E-state index contributed by atoms with van der Waals surface area (Å²) in [6, 6.07) is 4.56. The molecule has 4 nitrogen and oxygen atoms in total. The molecule has 0 aliphatic rings. The third-order valence-corrected chi connectivity index (χ3v) is 2.95. The molecule has 1 aromatic heterocycles. The lowest BCUT2D eigenvalue weighted by Gasteiger charge is -2.13. The van der Waals surface area contributed by atoms with Crippen LogP contribution in [0.25, 0.3) is 0 Å². The largest absolute Gasteiger partial charge is 0.418 e. The second kappa shape index (κ2) is 5.30. The Morgan fingerprint density at radius 2 is 2.15 bits per heavy atom. The quantitative estimate of drug-likeness (QED) is 0.925. The molecule has 0 saturated heterocycles. The molecule has 2 aromatic rings. The minimum Gasteiger partial charge on any atom is -0.320 e. The molecule has 0 radical (unpaired) electrons. The molecule has 1 aromatic carbocycles. The number of amides is 1. The van der Waals surface area contributed by atoms with Gasteiger partial charge >= 0.3 is 6.18 Å². The smallest absolute Gasteiger partial charge is 0.320 e. The van der Waals surface area contributed by atoms with Crippen molar-refractivity contribution in [3.05, 3.63) is 45.9 Å². The van der Waals surface area contributed by atoms with Gasteiger partial charge in [0.15, 0.2) is 0 Å². The van der Waals surface area contributed by atoms with Gasteiger partial charge in [-0.2, -0.15) is 18.4 Å². The van der Waals surface area contributed by atoms with E-state index in [-0.39, 0.29) is 11.3 Å². The van der Waals surface area contributed by atoms with Gasteiger partial charge in [-0.3, -0.25) is 4.79 Å². The van der Waals surface area contributed by atoms with Gasteiger partial charge in [-0.05, 0) is 18.2 Å². The van der Waals surface area contributed by atoms with Crippen molar-refractivity contribution in [2.45, 2.75) is 6.18 Å². The van der Waals surface area contributed by atoms with E-state index >= 15 is 0 Å². The molecule has 0 fully saturated rings. The van der Waals surface area contributed by atoms with Gasteiger partial charge in [0.25, 0.3) is 5.91 Å². The first-order chi connectivity index (χ1) is 9.41. The minimum atomic E-state index is -4.67. The van der Waals surface area contributed by atoms with E-state index in [1.54, 1.807) is 6.07 Å². The molecule has 2 rings (SSSR count). The number of carbonyl (C=O) groups is 1. The number of nitrogens with zero attached hydrogens (tertiary/aromatic N) is 2. The van der Waals surface area contributed by atoms with Crippen LogP contribution in [0.1, 0.15) is 21.6 Å². The summed E-state index contributed by atoms with van der Waals surface area (Å²) in [5.41, 5.74) is -0.177. The molecule has 0 saturated carbocycles. The van der Waals surface area contributed by atoms with E-state index in [1.165, 1.54) is 17.0 Å². The van der Waals surface area contributed by atoms with Crippen molar-refractivity contribution in [3.8, 4) is 6.07 Å². The molecular weight excluding hydrogens is 291 g/mol. The summed E-state index contributed by atoms with van der Waals surface area (Å²) in [7, 11) is 0. The Labute approximate surface area is 115 Å². The molecule has 0 bridgehead atoms. The first-order valence-electron chi connectivity index (χ1n) is 5.22. The summed E-state index contributed by atoms with van der Waals surface area (Å²) in [6.07, 6.45) is -4.67. The van der Waals surface area contributed by atoms with Gasteiger partial charge in [0, 0.05) is 5.38 Å². The van der Waals surface area contributed by atoms with E-state index in [0.29, 0.717) is 6.07 Å².